The van der Waals surface area contributed by atoms with Crippen LogP contribution in [0.3, 0.4) is 0 Å². The van der Waals surface area contributed by atoms with E-state index >= 15 is 0 Å². The second kappa shape index (κ2) is 8.49. The minimum Gasteiger partial charge on any atom is -0.482 e. The topological polar surface area (TPSA) is 94.3 Å². The van der Waals surface area contributed by atoms with E-state index in [0.717, 1.165) is 30.5 Å². The number of hydrazone groups is 1. The fraction of sp³-hybridized carbons (Fsp3) is 0.429. The smallest absolute Gasteiger partial charge is 0.302 e. The van der Waals surface area contributed by atoms with Crippen LogP contribution in [0.5, 0.6) is 0 Å². The van der Waals surface area contributed by atoms with E-state index in [-0.39, 0.29) is 17.5 Å². The first-order chi connectivity index (χ1) is 11.1. The lowest BCUT2D eigenvalue weighted by Gasteiger charge is -2.21. The predicted molar refractivity (Wildman–Crippen MR) is 86.4 cm³/mol. The summed E-state index contributed by atoms with van der Waals surface area (Å²) in [4.78, 5) is 21.7. The molecule has 1 amide bonds. The Bertz CT molecular complexity index is 583. The lowest BCUT2D eigenvalue weighted by molar-refractivity contribution is -0.384. The lowest BCUT2D eigenvalue weighted by Crippen LogP contribution is -2.29. The molecule has 9 heteroatoms. The van der Waals surface area contributed by atoms with Gasteiger partial charge in [-0.1, -0.05) is 23.9 Å². The number of hydrogen-bond donors (Lipinski definition) is 0. The number of ether oxygens (including phenoxy) is 2. The summed E-state index contributed by atoms with van der Waals surface area (Å²) in [6.07, 6.45) is 1.28. The fourth-order valence-electron chi connectivity index (χ4n) is 1.64. The van der Waals surface area contributed by atoms with Crippen LogP contribution in [0.1, 0.15) is 12.0 Å². The Labute approximate surface area is 137 Å². The van der Waals surface area contributed by atoms with E-state index in [2.05, 4.69) is 5.10 Å². The van der Waals surface area contributed by atoms with Crippen LogP contribution in [-0.4, -0.2) is 47.1 Å². The number of carbonyl (C=O) groups excluding carboxylic acids is 1. The number of nitrogens with zero attached hydrogens (tertiary/aromatic N) is 3. The van der Waals surface area contributed by atoms with E-state index in [4.69, 9.17) is 9.47 Å². The van der Waals surface area contributed by atoms with Crippen molar-refractivity contribution in [3.8, 4) is 0 Å². The molecule has 2 aliphatic heterocycles. The molecule has 1 saturated heterocycles. The van der Waals surface area contributed by atoms with E-state index in [1.807, 2.05) is 0 Å². The quantitative estimate of drug-likeness (QED) is 0.620. The van der Waals surface area contributed by atoms with Gasteiger partial charge in [-0.25, -0.2) is 5.01 Å². The third kappa shape index (κ3) is 5.22. The molecule has 0 aliphatic carbocycles. The number of hydrogen-bond acceptors (Lipinski definition) is 7. The van der Waals surface area contributed by atoms with Crippen LogP contribution in [0.2, 0.25) is 0 Å². The molecule has 0 saturated carbocycles. The van der Waals surface area contributed by atoms with Gasteiger partial charge in [-0.2, -0.15) is 0 Å². The summed E-state index contributed by atoms with van der Waals surface area (Å²) in [6, 6.07) is 6.01. The van der Waals surface area contributed by atoms with Crippen LogP contribution in [0.4, 0.5) is 10.5 Å². The summed E-state index contributed by atoms with van der Waals surface area (Å²) < 4.78 is 9.73. The van der Waals surface area contributed by atoms with Crippen LogP contribution in [0, 0.1) is 10.1 Å². The Hall–Kier alpha value is -2.13. The highest BCUT2D eigenvalue weighted by molar-refractivity contribution is 8.14. The van der Waals surface area contributed by atoms with Gasteiger partial charge >= 0.3 is 5.24 Å². The standard InChI is InChI=1S/C11H11N3O4S.C3H6O/c1-18-10-7-19-11(15)13(12-10)6-8-2-4-9(5-3-8)14(16)17;1-2-4-3-1/h2-5H,6-7H2,1H3;1-3H2. The summed E-state index contributed by atoms with van der Waals surface area (Å²) in [6.45, 7) is 2.26. The minimum atomic E-state index is -0.465. The third-order valence-corrected chi connectivity index (χ3v) is 3.90. The SMILES string of the molecule is C1COC1.COC1=NN(Cc2ccc([N+](=O)[O-])cc2)C(=O)SC1. The zero-order valence-corrected chi connectivity index (χ0v) is 13.5. The zero-order valence-electron chi connectivity index (χ0n) is 12.6. The van der Waals surface area contributed by atoms with Gasteiger partial charge in [-0.15, -0.1) is 5.10 Å². The fourth-order valence-corrected chi connectivity index (χ4v) is 2.32. The maximum absolute atomic E-state index is 11.7. The molecule has 23 heavy (non-hydrogen) atoms. The highest BCUT2D eigenvalue weighted by Gasteiger charge is 2.22. The van der Waals surface area contributed by atoms with Crippen LogP contribution in [0.15, 0.2) is 29.4 Å². The first kappa shape index (κ1) is 17.2. The van der Waals surface area contributed by atoms with Crippen molar-refractivity contribution in [3.05, 3.63) is 39.9 Å². The van der Waals surface area contributed by atoms with Gasteiger partial charge < -0.3 is 9.47 Å². The van der Waals surface area contributed by atoms with E-state index in [1.54, 1.807) is 12.1 Å². The number of carbonyl (C=O) groups is 1. The van der Waals surface area contributed by atoms with Crippen LogP contribution >= 0.6 is 11.8 Å². The Morgan fingerprint density at radius 2 is 2.00 bits per heavy atom. The molecule has 0 aromatic heterocycles. The third-order valence-electron chi connectivity index (χ3n) is 3.05. The van der Waals surface area contributed by atoms with Crippen LogP contribution < -0.4 is 0 Å². The number of thioether (sulfide) groups is 1. The number of benzene rings is 1. The normalized spacial score (nSPS) is 16.7. The van der Waals surface area contributed by atoms with Crippen molar-refractivity contribution in [1.29, 1.82) is 0 Å². The van der Waals surface area contributed by atoms with Gasteiger partial charge in [0.05, 0.1) is 24.3 Å². The second-order valence-corrected chi connectivity index (χ2v) is 5.63. The molecule has 0 N–H and O–H groups in total. The number of nitro groups is 1. The van der Waals surface area contributed by atoms with Crippen molar-refractivity contribution < 1.29 is 19.2 Å². The predicted octanol–water partition coefficient (Wildman–Crippen LogP) is 2.63. The van der Waals surface area contributed by atoms with Gasteiger partial charge in [-0.3, -0.25) is 14.9 Å². The molecule has 0 atom stereocenters. The molecule has 124 valence electrons. The molecule has 2 heterocycles. The molecule has 1 aromatic rings. The summed E-state index contributed by atoms with van der Waals surface area (Å²) in [5, 5.41) is 15.7. The number of methoxy groups -OCH3 is 1. The van der Waals surface area contributed by atoms with Gasteiger partial charge in [0, 0.05) is 25.3 Å². The van der Waals surface area contributed by atoms with Gasteiger partial charge in [-0.05, 0) is 12.0 Å². The molecule has 1 fully saturated rings. The molecule has 0 bridgehead atoms. The first-order valence-electron chi connectivity index (χ1n) is 6.97. The maximum Gasteiger partial charge on any atom is 0.302 e. The molecule has 0 unspecified atom stereocenters. The number of nitro benzene ring substituents is 1. The van der Waals surface area contributed by atoms with Crippen molar-refractivity contribution in [2.75, 3.05) is 26.1 Å². The molecule has 2 aliphatic rings. The summed E-state index contributed by atoms with van der Waals surface area (Å²) >= 11 is 1.11. The molecule has 1 aromatic carbocycles. The average Bonchev–Trinajstić information content (AvgIpc) is 2.48. The van der Waals surface area contributed by atoms with E-state index in [1.165, 1.54) is 30.7 Å². The van der Waals surface area contributed by atoms with E-state index < -0.39 is 4.92 Å². The van der Waals surface area contributed by atoms with Crippen LogP contribution in [0.25, 0.3) is 0 Å². The Balaban J connectivity index is 0.000000417. The molecule has 0 radical (unpaired) electrons. The largest absolute Gasteiger partial charge is 0.482 e. The van der Waals surface area contributed by atoms with Gasteiger partial charge in [0.1, 0.15) is 0 Å². The van der Waals surface area contributed by atoms with E-state index in [0.29, 0.717) is 11.7 Å². The number of amides is 1. The second-order valence-electron chi connectivity index (χ2n) is 4.70. The Morgan fingerprint density at radius 1 is 1.39 bits per heavy atom. The Kier molecular flexibility index (Phi) is 6.36. The Morgan fingerprint density at radius 3 is 2.48 bits per heavy atom. The lowest BCUT2D eigenvalue weighted by atomic mass is 10.2. The van der Waals surface area contributed by atoms with E-state index in [9.17, 15) is 14.9 Å². The summed E-state index contributed by atoms with van der Waals surface area (Å²) in [5.41, 5.74) is 0.782. The van der Waals surface area contributed by atoms with Gasteiger partial charge in [0.2, 0.25) is 5.90 Å². The molecule has 0 spiro atoms. The molecular weight excluding hydrogens is 322 g/mol. The van der Waals surface area contributed by atoms with Gasteiger partial charge in [0.25, 0.3) is 5.69 Å². The monoisotopic (exact) mass is 339 g/mol. The van der Waals surface area contributed by atoms with Crippen molar-refractivity contribution in [1.82, 2.24) is 5.01 Å². The van der Waals surface area contributed by atoms with Crippen molar-refractivity contribution in [2.45, 2.75) is 13.0 Å². The van der Waals surface area contributed by atoms with Crippen molar-refractivity contribution >= 4 is 28.6 Å². The van der Waals surface area contributed by atoms with Gasteiger partial charge in [0.15, 0.2) is 0 Å². The molecule has 3 rings (SSSR count). The average molecular weight is 339 g/mol. The highest BCUT2D eigenvalue weighted by Crippen LogP contribution is 2.20. The minimum absolute atomic E-state index is 0.0178. The zero-order chi connectivity index (χ0) is 16.7. The van der Waals surface area contributed by atoms with Crippen molar-refractivity contribution in [3.63, 3.8) is 0 Å². The summed E-state index contributed by atoms with van der Waals surface area (Å²) in [5.74, 6) is 0.901. The highest BCUT2D eigenvalue weighted by atomic mass is 32.2. The summed E-state index contributed by atoms with van der Waals surface area (Å²) in [7, 11) is 1.50. The number of non-ortho nitro benzene ring substituents is 1. The van der Waals surface area contributed by atoms with Crippen molar-refractivity contribution in [2.24, 2.45) is 5.10 Å². The van der Waals surface area contributed by atoms with Crippen LogP contribution in [-0.2, 0) is 16.0 Å². The maximum atomic E-state index is 11.7. The molecule has 8 nitrogen and oxygen atoms in total. The first-order valence-corrected chi connectivity index (χ1v) is 7.95. The molecular formula is C14H17N3O5S. The number of rotatable bonds is 3.